The summed E-state index contributed by atoms with van der Waals surface area (Å²) in [6.45, 7) is 0.445. The fourth-order valence-corrected chi connectivity index (χ4v) is 4.48. The number of fused-ring (bicyclic) bond motifs is 1. The average Bonchev–Trinajstić information content (AvgIpc) is 3.46. The topological polar surface area (TPSA) is 139 Å². The summed E-state index contributed by atoms with van der Waals surface area (Å²) in [5, 5.41) is 9.94. The molecule has 0 aliphatic carbocycles. The van der Waals surface area contributed by atoms with Crippen molar-refractivity contribution in [2.24, 2.45) is 5.84 Å². The minimum atomic E-state index is -0.973. The van der Waals surface area contributed by atoms with Crippen molar-refractivity contribution in [2.75, 3.05) is 6.54 Å². The van der Waals surface area contributed by atoms with Crippen LogP contribution in [0.1, 0.15) is 44.7 Å². The minimum Gasteiger partial charge on any atom is -0.480 e. The van der Waals surface area contributed by atoms with E-state index in [1.165, 1.54) is 4.90 Å². The fraction of sp³-hybridized carbons (Fsp3) is 0.138. The molecule has 2 amide bonds. The molecule has 1 atom stereocenters. The Morgan fingerprint density at radius 2 is 1.68 bits per heavy atom. The van der Waals surface area contributed by atoms with Gasteiger partial charge in [-0.1, -0.05) is 24.0 Å². The second-order valence-corrected chi connectivity index (χ2v) is 8.82. The van der Waals surface area contributed by atoms with Gasteiger partial charge in [-0.05, 0) is 61.4 Å². The molecule has 0 spiro atoms. The van der Waals surface area contributed by atoms with E-state index in [0.29, 0.717) is 47.1 Å². The summed E-state index contributed by atoms with van der Waals surface area (Å²) in [6.07, 6.45) is 4.35. The molecule has 5 rings (SSSR count). The Hall–Kier alpha value is -5.07. The van der Waals surface area contributed by atoms with Crippen LogP contribution in [0.2, 0.25) is 0 Å². The molecule has 0 bridgehead atoms. The molecule has 4 N–H and O–H groups in total. The van der Waals surface area contributed by atoms with Crippen molar-refractivity contribution in [1.82, 2.24) is 20.3 Å². The monoisotopic (exact) mass is 505 g/mol. The number of likely N-dealkylation sites (tertiary alicyclic amines) is 1. The molecule has 2 aromatic heterocycles. The maximum Gasteiger partial charge on any atom is 0.326 e. The number of nitrogens with zero attached hydrogens (tertiary/aromatic N) is 3. The Kier molecular flexibility index (Phi) is 6.80. The number of hydrogen-bond donors (Lipinski definition) is 3. The minimum absolute atomic E-state index is 0.282. The highest BCUT2D eigenvalue weighted by molar-refractivity contribution is 6.06. The third-order valence-electron chi connectivity index (χ3n) is 6.45. The molecule has 4 aromatic rings. The first-order valence-corrected chi connectivity index (χ1v) is 12.0. The van der Waals surface area contributed by atoms with Gasteiger partial charge in [0.2, 0.25) is 0 Å². The Morgan fingerprint density at radius 1 is 1.00 bits per heavy atom. The van der Waals surface area contributed by atoms with Gasteiger partial charge in [0.25, 0.3) is 11.8 Å². The van der Waals surface area contributed by atoms with E-state index in [0.717, 1.165) is 16.7 Å². The first-order valence-electron chi connectivity index (χ1n) is 12.0. The molecule has 9 heteroatoms. The second kappa shape index (κ2) is 10.5. The maximum absolute atomic E-state index is 12.7. The highest BCUT2D eigenvalue weighted by Crippen LogP contribution is 2.25. The summed E-state index contributed by atoms with van der Waals surface area (Å²) in [5.74, 6) is 9.86. The highest BCUT2D eigenvalue weighted by Gasteiger charge is 2.34. The van der Waals surface area contributed by atoms with Gasteiger partial charge < -0.3 is 10.0 Å². The van der Waals surface area contributed by atoms with E-state index in [1.54, 1.807) is 48.8 Å². The third-order valence-corrected chi connectivity index (χ3v) is 6.45. The van der Waals surface area contributed by atoms with Crippen molar-refractivity contribution < 1.29 is 19.5 Å². The number of hydrazine groups is 1. The van der Waals surface area contributed by atoms with Gasteiger partial charge in [0, 0.05) is 46.6 Å². The summed E-state index contributed by atoms with van der Waals surface area (Å²) in [6, 6.07) is 17.0. The molecular formula is C29H23N5O4. The Bertz CT molecular complexity index is 1600. The quantitative estimate of drug-likeness (QED) is 0.168. The van der Waals surface area contributed by atoms with Gasteiger partial charge in [0.05, 0.1) is 16.8 Å². The van der Waals surface area contributed by atoms with Gasteiger partial charge in [-0.25, -0.2) is 15.6 Å². The summed E-state index contributed by atoms with van der Waals surface area (Å²) in [5.41, 5.74) is 6.55. The lowest BCUT2D eigenvalue weighted by molar-refractivity contribution is -0.141. The maximum atomic E-state index is 12.7. The number of carboxylic acid groups (broad SMARTS) is 1. The normalized spacial score (nSPS) is 14.6. The molecule has 1 aliphatic rings. The van der Waals surface area contributed by atoms with E-state index >= 15 is 0 Å². The van der Waals surface area contributed by atoms with Crippen LogP contribution in [0, 0.1) is 11.8 Å². The highest BCUT2D eigenvalue weighted by atomic mass is 16.4. The summed E-state index contributed by atoms with van der Waals surface area (Å²) >= 11 is 0. The van der Waals surface area contributed by atoms with Gasteiger partial charge in [-0.15, -0.1) is 0 Å². The molecule has 0 saturated carbocycles. The van der Waals surface area contributed by atoms with E-state index in [2.05, 4.69) is 27.2 Å². The molecule has 188 valence electrons. The van der Waals surface area contributed by atoms with E-state index in [1.807, 2.05) is 24.3 Å². The van der Waals surface area contributed by atoms with Crippen molar-refractivity contribution >= 4 is 28.7 Å². The number of nitrogens with one attached hydrogen (secondary N) is 1. The number of carbonyl (C=O) groups is 3. The number of aromatic nitrogens is 2. The largest absolute Gasteiger partial charge is 0.480 e. The van der Waals surface area contributed by atoms with Crippen LogP contribution in [-0.2, 0) is 4.79 Å². The lowest BCUT2D eigenvalue weighted by Gasteiger charge is -2.21. The van der Waals surface area contributed by atoms with Crippen molar-refractivity contribution in [3.8, 4) is 23.1 Å². The zero-order chi connectivity index (χ0) is 26.6. The number of pyridine rings is 2. The van der Waals surface area contributed by atoms with Crippen LogP contribution in [0.15, 0.2) is 73.1 Å². The third kappa shape index (κ3) is 4.93. The summed E-state index contributed by atoms with van der Waals surface area (Å²) in [4.78, 5) is 46.6. The first-order chi connectivity index (χ1) is 18.4. The number of carboxylic acids is 1. The van der Waals surface area contributed by atoms with Crippen LogP contribution in [0.3, 0.4) is 0 Å². The Balaban J connectivity index is 1.33. The molecule has 3 heterocycles. The zero-order valence-corrected chi connectivity index (χ0v) is 20.2. The smallest absolute Gasteiger partial charge is 0.326 e. The van der Waals surface area contributed by atoms with E-state index < -0.39 is 17.9 Å². The van der Waals surface area contributed by atoms with Gasteiger partial charge in [-0.3, -0.25) is 20.0 Å². The van der Waals surface area contributed by atoms with E-state index in [9.17, 15) is 19.5 Å². The molecule has 1 fully saturated rings. The van der Waals surface area contributed by atoms with E-state index in [4.69, 9.17) is 5.84 Å². The van der Waals surface area contributed by atoms with Crippen molar-refractivity contribution in [1.29, 1.82) is 0 Å². The number of aliphatic carboxylic acids is 1. The number of carbonyl (C=O) groups excluding carboxylic acids is 2. The van der Waals surface area contributed by atoms with Crippen LogP contribution in [0.4, 0.5) is 0 Å². The Morgan fingerprint density at radius 3 is 2.34 bits per heavy atom. The molecule has 1 saturated heterocycles. The lowest BCUT2D eigenvalue weighted by Crippen LogP contribution is -2.40. The number of nitrogens with two attached hydrogens (primary N) is 1. The molecule has 2 aromatic carbocycles. The van der Waals surface area contributed by atoms with Crippen LogP contribution >= 0.6 is 0 Å². The van der Waals surface area contributed by atoms with Crippen LogP contribution < -0.4 is 11.3 Å². The zero-order valence-electron chi connectivity index (χ0n) is 20.2. The lowest BCUT2D eigenvalue weighted by atomic mass is 10.0. The molecule has 0 radical (unpaired) electrons. The number of benzene rings is 2. The van der Waals surface area contributed by atoms with Crippen molar-refractivity contribution in [3.63, 3.8) is 0 Å². The van der Waals surface area contributed by atoms with Gasteiger partial charge >= 0.3 is 5.97 Å². The standard InChI is InChI=1S/C29H23N5O4/c30-33-27(35)22-16-25(32-24-13-14-31-17-23(22)24)20-9-5-18(6-10-20)3-4-19-7-11-21(12-8-19)28(36)34-15-1-2-26(34)29(37)38/h5-14,16-17,26H,1-2,15,30H2,(H,33,35)(H,37,38)/t26-/m0/s1. The summed E-state index contributed by atoms with van der Waals surface area (Å²) < 4.78 is 0. The van der Waals surface area contributed by atoms with Gasteiger partial charge in [0.1, 0.15) is 6.04 Å². The number of amides is 2. The predicted octanol–water partition coefficient (Wildman–Crippen LogP) is 2.99. The number of nitrogen functional groups attached to an aromatic ring is 1. The SMILES string of the molecule is NNC(=O)c1cc(-c2ccc(C#Cc3ccc(C(=O)N4CCC[C@H]4C(=O)O)cc3)cc2)nc2ccncc12. The molecule has 1 aliphatic heterocycles. The van der Waals surface area contributed by atoms with Crippen molar-refractivity contribution in [3.05, 3.63) is 95.3 Å². The van der Waals surface area contributed by atoms with Crippen molar-refractivity contribution in [2.45, 2.75) is 18.9 Å². The second-order valence-electron chi connectivity index (χ2n) is 8.82. The van der Waals surface area contributed by atoms with Gasteiger partial charge in [-0.2, -0.15) is 0 Å². The fourth-order valence-electron chi connectivity index (χ4n) is 4.48. The summed E-state index contributed by atoms with van der Waals surface area (Å²) in [7, 11) is 0. The van der Waals surface area contributed by atoms with E-state index in [-0.39, 0.29) is 5.91 Å². The first kappa shape index (κ1) is 24.6. The molecule has 38 heavy (non-hydrogen) atoms. The van der Waals surface area contributed by atoms with Gasteiger partial charge in [0.15, 0.2) is 0 Å². The number of hydrogen-bond acceptors (Lipinski definition) is 6. The molecular weight excluding hydrogens is 482 g/mol. The van der Waals surface area contributed by atoms with Crippen LogP contribution in [0.25, 0.3) is 22.2 Å². The number of rotatable bonds is 4. The van der Waals surface area contributed by atoms with Crippen LogP contribution in [-0.4, -0.2) is 50.3 Å². The van der Waals surface area contributed by atoms with Crippen LogP contribution in [0.5, 0.6) is 0 Å². The molecule has 0 unspecified atom stereocenters. The molecule has 9 nitrogen and oxygen atoms in total. The predicted molar refractivity (Wildman–Crippen MR) is 141 cm³/mol. The Labute approximate surface area is 218 Å². The average molecular weight is 506 g/mol.